The molecule has 0 radical (unpaired) electrons. The first-order valence-corrected chi connectivity index (χ1v) is 12.2. The number of carbonyl (C=O) groups is 2. The summed E-state index contributed by atoms with van der Waals surface area (Å²) in [5, 5.41) is 0. The van der Waals surface area contributed by atoms with Crippen LogP contribution in [-0.4, -0.2) is 31.4 Å². The number of carbonyl (C=O) groups excluding carboxylic acids is 2. The second kappa shape index (κ2) is 9.00. The summed E-state index contributed by atoms with van der Waals surface area (Å²) in [6, 6.07) is 7.24. The Morgan fingerprint density at radius 2 is 1.26 bits per heavy atom. The van der Waals surface area contributed by atoms with Gasteiger partial charge in [-0.2, -0.15) is 0 Å². The average Bonchev–Trinajstić information content (AvgIpc) is 2.70. The van der Waals surface area contributed by atoms with Crippen LogP contribution in [-0.2, 0) is 9.98 Å². The topological polar surface area (TPSA) is 69.7 Å². The van der Waals surface area contributed by atoms with E-state index >= 15 is 0 Å². The standard InChI is InChI=1S/C25H33O5P/c1-10-31(28,24(27)22-19(29-8)11-15(2)12-20(22)30-9)23(26)21-16(3)13-18(14-17(21)4)25(5,6)7/h11-14H,10H2,1-9H3. The van der Waals surface area contributed by atoms with Gasteiger partial charge < -0.3 is 14.0 Å². The van der Waals surface area contributed by atoms with Crippen LogP contribution in [0.4, 0.5) is 0 Å². The van der Waals surface area contributed by atoms with Crippen LogP contribution in [0.15, 0.2) is 24.3 Å². The minimum atomic E-state index is -3.97. The largest absolute Gasteiger partial charge is 0.496 e. The second-order valence-corrected chi connectivity index (χ2v) is 11.9. The Bertz CT molecular complexity index is 1030. The van der Waals surface area contributed by atoms with Gasteiger partial charge in [0.05, 0.1) is 14.2 Å². The van der Waals surface area contributed by atoms with Gasteiger partial charge in [-0.3, -0.25) is 9.59 Å². The Morgan fingerprint density at radius 1 is 0.839 bits per heavy atom. The van der Waals surface area contributed by atoms with Crippen molar-refractivity contribution in [1.29, 1.82) is 0 Å². The average molecular weight is 445 g/mol. The van der Waals surface area contributed by atoms with Gasteiger partial charge in [0, 0.05) is 11.7 Å². The molecule has 6 heteroatoms. The maximum atomic E-state index is 14.0. The van der Waals surface area contributed by atoms with Crippen molar-refractivity contribution in [1.82, 2.24) is 0 Å². The highest BCUT2D eigenvalue weighted by atomic mass is 31.2. The highest BCUT2D eigenvalue weighted by Crippen LogP contribution is 2.55. The summed E-state index contributed by atoms with van der Waals surface area (Å²) in [6.45, 7) is 13.4. The number of hydrogen-bond acceptors (Lipinski definition) is 5. The Balaban J connectivity index is 2.69. The van der Waals surface area contributed by atoms with Crippen molar-refractivity contribution in [2.45, 2.75) is 53.9 Å². The van der Waals surface area contributed by atoms with Crippen LogP contribution in [0.5, 0.6) is 11.5 Å². The minimum Gasteiger partial charge on any atom is -0.496 e. The molecule has 0 spiro atoms. The van der Waals surface area contributed by atoms with Gasteiger partial charge in [0.25, 0.3) is 0 Å². The summed E-state index contributed by atoms with van der Waals surface area (Å²) in [5.41, 5.74) is 2.33. The molecule has 5 nitrogen and oxygen atoms in total. The van der Waals surface area contributed by atoms with Crippen LogP contribution in [0, 0.1) is 20.8 Å². The monoisotopic (exact) mass is 444 g/mol. The van der Waals surface area contributed by atoms with E-state index < -0.39 is 18.2 Å². The molecule has 0 saturated carbocycles. The van der Waals surface area contributed by atoms with Gasteiger partial charge in [-0.15, -0.1) is 0 Å². The summed E-state index contributed by atoms with van der Waals surface area (Å²) in [5.74, 6) is 0.500. The molecule has 168 valence electrons. The van der Waals surface area contributed by atoms with E-state index in [9.17, 15) is 14.2 Å². The van der Waals surface area contributed by atoms with Crippen molar-refractivity contribution in [3.05, 3.63) is 57.6 Å². The van der Waals surface area contributed by atoms with Gasteiger partial charge in [-0.25, -0.2) is 0 Å². The molecule has 0 aliphatic carbocycles. The molecule has 0 amide bonds. The lowest BCUT2D eigenvalue weighted by atomic mass is 9.84. The Hall–Kier alpha value is -2.39. The predicted molar refractivity (Wildman–Crippen MR) is 126 cm³/mol. The quantitative estimate of drug-likeness (QED) is 0.469. The normalized spacial score (nSPS) is 13.5. The molecular weight excluding hydrogens is 411 g/mol. The molecule has 1 atom stereocenters. The molecule has 0 aromatic heterocycles. The van der Waals surface area contributed by atoms with Gasteiger partial charge >= 0.3 is 0 Å². The molecule has 0 heterocycles. The number of ether oxygens (including phenoxy) is 2. The van der Waals surface area contributed by atoms with Gasteiger partial charge in [0.1, 0.15) is 17.1 Å². The Morgan fingerprint density at radius 3 is 1.61 bits per heavy atom. The number of hydrogen-bond donors (Lipinski definition) is 0. The van der Waals surface area contributed by atoms with Crippen LogP contribution in [0.2, 0.25) is 0 Å². The fourth-order valence-electron chi connectivity index (χ4n) is 3.73. The molecule has 2 rings (SSSR count). The molecule has 0 saturated heterocycles. The van der Waals surface area contributed by atoms with Crippen molar-refractivity contribution in [2.75, 3.05) is 20.4 Å². The lowest BCUT2D eigenvalue weighted by molar-refractivity contribution is 0.103. The molecule has 0 fully saturated rings. The van der Waals surface area contributed by atoms with Gasteiger partial charge in [-0.1, -0.05) is 39.8 Å². The Labute approximate surface area is 185 Å². The van der Waals surface area contributed by atoms with Gasteiger partial charge in [0.2, 0.25) is 18.2 Å². The number of aryl methyl sites for hydroxylation is 3. The zero-order chi connectivity index (χ0) is 23.7. The van der Waals surface area contributed by atoms with Crippen LogP contribution < -0.4 is 9.47 Å². The highest BCUT2D eigenvalue weighted by molar-refractivity contribution is 7.95. The van der Waals surface area contributed by atoms with E-state index in [-0.39, 0.29) is 28.6 Å². The van der Waals surface area contributed by atoms with Crippen LogP contribution in [0.3, 0.4) is 0 Å². The fourth-order valence-corrected chi connectivity index (χ4v) is 5.78. The molecule has 0 N–H and O–H groups in total. The lowest BCUT2D eigenvalue weighted by Gasteiger charge is -2.24. The lowest BCUT2D eigenvalue weighted by Crippen LogP contribution is -2.18. The third-order valence-electron chi connectivity index (χ3n) is 5.58. The second-order valence-electron chi connectivity index (χ2n) is 8.95. The first-order valence-electron chi connectivity index (χ1n) is 10.3. The highest BCUT2D eigenvalue weighted by Gasteiger charge is 2.43. The third-order valence-corrected chi connectivity index (χ3v) is 8.23. The zero-order valence-corrected chi connectivity index (χ0v) is 20.9. The first kappa shape index (κ1) is 24.9. The van der Waals surface area contributed by atoms with Crippen LogP contribution in [0.1, 0.15) is 70.7 Å². The van der Waals surface area contributed by atoms with E-state index in [1.165, 1.54) is 14.2 Å². The number of benzene rings is 2. The minimum absolute atomic E-state index is 0.0516. The maximum absolute atomic E-state index is 14.0. The van der Waals surface area contributed by atoms with Crippen molar-refractivity contribution >= 4 is 18.2 Å². The molecule has 2 aromatic carbocycles. The molecule has 0 aliphatic heterocycles. The molecule has 2 aromatic rings. The van der Waals surface area contributed by atoms with Crippen molar-refractivity contribution in [2.24, 2.45) is 0 Å². The van der Waals surface area contributed by atoms with E-state index in [1.54, 1.807) is 19.1 Å². The van der Waals surface area contributed by atoms with E-state index in [2.05, 4.69) is 20.8 Å². The van der Waals surface area contributed by atoms with Crippen LogP contribution >= 0.6 is 7.14 Å². The Kier molecular flexibility index (Phi) is 7.22. The maximum Gasteiger partial charge on any atom is 0.236 e. The summed E-state index contributed by atoms with van der Waals surface area (Å²) in [4.78, 5) is 27.2. The fraction of sp³-hybridized carbons (Fsp3) is 0.440. The zero-order valence-electron chi connectivity index (χ0n) is 20.0. The third kappa shape index (κ3) is 4.62. The van der Waals surface area contributed by atoms with E-state index in [0.29, 0.717) is 5.56 Å². The molecule has 0 bridgehead atoms. The first-order chi connectivity index (χ1) is 14.3. The predicted octanol–water partition coefficient (Wildman–Crippen LogP) is 6.29. The van der Waals surface area contributed by atoms with Crippen molar-refractivity contribution in [3.63, 3.8) is 0 Å². The van der Waals surface area contributed by atoms with Gasteiger partial charge in [-0.05, 0) is 60.6 Å². The molecule has 0 aliphatic rings. The molecule has 1 unspecified atom stereocenters. The van der Waals surface area contributed by atoms with E-state index in [1.807, 2.05) is 32.9 Å². The number of methoxy groups -OCH3 is 2. The molecular formula is C25H33O5P. The molecule has 31 heavy (non-hydrogen) atoms. The summed E-state index contributed by atoms with van der Waals surface area (Å²) in [7, 11) is -1.10. The number of rotatable bonds is 7. The van der Waals surface area contributed by atoms with Crippen LogP contribution in [0.25, 0.3) is 0 Å². The van der Waals surface area contributed by atoms with Crippen molar-refractivity contribution in [3.8, 4) is 11.5 Å². The van der Waals surface area contributed by atoms with Gasteiger partial charge in [0.15, 0.2) is 0 Å². The van der Waals surface area contributed by atoms with E-state index in [4.69, 9.17) is 9.47 Å². The summed E-state index contributed by atoms with van der Waals surface area (Å²) < 4.78 is 24.7. The summed E-state index contributed by atoms with van der Waals surface area (Å²) >= 11 is 0. The smallest absolute Gasteiger partial charge is 0.236 e. The van der Waals surface area contributed by atoms with Crippen molar-refractivity contribution < 1.29 is 23.6 Å². The summed E-state index contributed by atoms with van der Waals surface area (Å²) in [6.07, 6.45) is -0.0786. The SMILES string of the molecule is CCP(=O)(C(=O)c1c(C)cc(C(C)(C)C)cc1C)C(=O)c1c(OC)cc(C)cc1OC. The van der Waals surface area contributed by atoms with E-state index in [0.717, 1.165) is 22.3 Å².